The zero-order valence-electron chi connectivity index (χ0n) is 15.9. The third-order valence-electron chi connectivity index (χ3n) is 4.72. The van der Waals surface area contributed by atoms with Gasteiger partial charge in [-0.2, -0.15) is 5.10 Å². The number of benzene rings is 1. The molecule has 0 radical (unpaired) electrons. The van der Waals surface area contributed by atoms with E-state index in [4.69, 9.17) is 14.6 Å². The number of ether oxygens (including phenoxy) is 2. The van der Waals surface area contributed by atoms with Gasteiger partial charge in [0.2, 0.25) is 0 Å². The average Bonchev–Trinajstić information content (AvgIpc) is 3.05. The molecule has 1 fully saturated rings. The van der Waals surface area contributed by atoms with Gasteiger partial charge in [0, 0.05) is 17.5 Å². The highest BCUT2D eigenvalue weighted by molar-refractivity contribution is 7.09. The van der Waals surface area contributed by atoms with Crippen molar-refractivity contribution in [3.05, 3.63) is 39.8 Å². The number of piperidine rings is 1. The molecule has 0 unspecified atom stereocenters. The van der Waals surface area contributed by atoms with Crippen LogP contribution in [0.1, 0.15) is 49.4 Å². The lowest BCUT2D eigenvalue weighted by Crippen LogP contribution is -2.39. The quantitative estimate of drug-likeness (QED) is 0.692. The molecule has 0 N–H and O–H groups in total. The second-order valence-electron chi connectivity index (χ2n) is 6.81. The molecule has 0 spiro atoms. The lowest BCUT2D eigenvalue weighted by Gasteiger charge is -2.36. The topological polar surface area (TPSA) is 47.0 Å². The molecule has 26 heavy (non-hydrogen) atoms. The summed E-state index contributed by atoms with van der Waals surface area (Å²) in [4.78, 5) is 4.42. The van der Waals surface area contributed by atoms with Gasteiger partial charge in [0.05, 0.1) is 24.0 Å². The fourth-order valence-corrected chi connectivity index (χ4v) is 3.88. The Balaban J connectivity index is 1.68. The average molecular weight is 374 g/mol. The largest absolute Gasteiger partial charge is 0.493 e. The Bertz CT molecular complexity index is 749. The summed E-state index contributed by atoms with van der Waals surface area (Å²) in [6.45, 7) is 6.92. The number of rotatable bonds is 6. The predicted molar refractivity (Wildman–Crippen MR) is 106 cm³/mol. The molecular weight excluding hydrogens is 346 g/mol. The van der Waals surface area contributed by atoms with Crippen LogP contribution in [0.3, 0.4) is 0 Å². The van der Waals surface area contributed by atoms with E-state index in [0.29, 0.717) is 24.4 Å². The minimum absolute atomic E-state index is 0.441. The Labute approximate surface area is 159 Å². The molecule has 3 rings (SSSR count). The third kappa shape index (κ3) is 4.55. The second kappa shape index (κ2) is 8.54. The number of hydrazone groups is 1. The van der Waals surface area contributed by atoms with Crippen molar-refractivity contribution in [1.82, 2.24) is 9.99 Å². The van der Waals surface area contributed by atoms with E-state index in [9.17, 15) is 0 Å². The molecule has 1 aromatic carbocycles. The van der Waals surface area contributed by atoms with Gasteiger partial charge in [-0.15, -0.1) is 11.3 Å². The molecule has 2 aromatic rings. The normalized spacial score (nSPS) is 20.5. The van der Waals surface area contributed by atoms with Crippen LogP contribution in [0.5, 0.6) is 11.5 Å². The van der Waals surface area contributed by atoms with Gasteiger partial charge in [0.15, 0.2) is 11.5 Å². The van der Waals surface area contributed by atoms with Crippen LogP contribution in [0.25, 0.3) is 0 Å². The summed E-state index contributed by atoms with van der Waals surface area (Å²) in [5.41, 5.74) is 1.94. The van der Waals surface area contributed by atoms with E-state index in [0.717, 1.165) is 22.0 Å². The second-order valence-corrected chi connectivity index (χ2v) is 7.87. The van der Waals surface area contributed by atoms with Gasteiger partial charge in [-0.05, 0) is 63.8 Å². The van der Waals surface area contributed by atoms with E-state index in [1.165, 1.54) is 19.3 Å². The number of aromatic nitrogens is 1. The zero-order chi connectivity index (χ0) is 18.5. The highest BCUT2D eigenvalue weighted by Crippen LogP contribution is 2.29. The summed E-state index contributed by atoms with van der Waals surface area (Å²) in [6.07, 6.45) is 5.60. The van der Waals surface area contributed by atoms with E-state index in [1.807, 2.05) is 36.7 Å². The molecule has 6 heteroatoms. The molecule has 5 nitrogen and oxygen atoms in total. The monoisotopic (exact) mass is 373 g/mol. The van der Waals surface area contributed by atoms with Crippen molar-refractivity contribution in [2.24, 2.45) is 5.10 Å². The first kappa shape index (κ1) is 18.7. The molecular formula is C20H27N3O2S. The van der Waals surface area contributed by atoms with Crippen LogP contribution in [0, 0.1) is 6.92 Å². The maximum atomic E-state index is 5.88. The SMILES string of the molecule is COc1cc(/C=N\N2[C@H](C)CCC[C@H]2C)ccc1OCc1csc(C)n1. The number of nitrogens with zero attached hydrogens (tertiary/aromatic N) is 3. The van der Waals surface area contributed by atoms with Crippen LogP contribution < -0.4 is 9.47 Å². The predicted octanol–water partition coefficient (Wildman–Crippen LogP) is 4.64. The summed E-state index contributed by atoms with van der Waals surface area (Å²) in [5.74, 6) is 1.43. The van der Waals surface area contributed by atoms with Gasteiger partial charge < -0.3 is 9.47 Å². The lowest BCUT2D eigenvalue weighted by atomic mass is 10.00. The molecule has 1 aromatic heterocycles. The smallest absolute Gasteiger partial charge is 0.161 e. The van der Waals surface area contributed by atoms with E-state index in [1.54, 1.807) is 18.4 Å². The molecule has 1 saturated heterocycles. The molecule has 0 saturated carbocycles. The number of thiazole rings is 1. The van der Waals surface area contributed by atoms with Gasteiger partial charge in [-0.25, -0.2) is 4.98 Å². The Morgan fingerprint density at radius 2 is 2.04 bits per heavy atom. The van der Waals surface area contributed by atoms with E-state index in [-0.39, 0.29) is 0 Å². The van der Waals surface area contributed by atoms with Crippen LogP contribution in [0.2, 0.25) is 0 Å². The maximum absolute atomic E-state index is 5.88. The standard InChI is InChI=1S/C20H27N3O2S/c1-14-6-5-7-15(2)23(14)21-11-17-8-9-19(20(10-17)24-4)25-12-18-13-26-16(3)22-18/h8-11,13-15H,5-7,12H2,1-4H3/b21-11-/t14-,15-/m1/s1. The Morgan fingerprint density at radius 1 is 1.27 bits per heavy atom. The third-order valence-corrected chi connectivity index (χ3v) is 5.54. The summed E-state index contributed by atoms with van der Waals surface area (Å²) in [6, 6.07) is 6.88. The molecule has 2 heterocycles. The first-order chi connectivity index (χ1) is 12.6. The molecule has 140 valence electrons. The van der Waals surface area contributed by atoms with Crippen LogP contribution in [0.4, 0.5) is 0 Å². The summed E-state index contributed by atoms with van der Waals surface area (Å²) >= 11 is 1.63. The summed E-state index contributed by atoms with van der Waals surface area (Å²) in [7, 11) is 1.66. The van der Waals surface area contributed by atoms with Crippen molar-refractivity contribution in [2.75, 3.05) is 7.11 Å². The van der Waals surface area contributed by atoms with Crippen LogP contribution in [0.15, 0.2) is 28.7 Å². The van der Waals surface area contributed by atoms with Crippen molar-refractivity contribution in [3.8, 4) is 11.5 Å². The summed E-state index contributed by atoms with van der Waals surface area (Å²) in [5, 5.41) is 10.00. The van der Waals surface area contributed by atoms with Crippen LogP contribution >= 0.6 is 11.3 Å². The number of hydrogen-bond donors (Lipinski definition) is 0. The van der Waals surface area contributed by atoms with Crippen molar-refractivity contribution in [2.45, 2.75) is 58.7 Å². The summed E-state index contributed by atoms with van der Waals surface area (Å²) < 4.78 is 11.4. The number of hydrogen-bond acceptors (Lipinski definition) is 6. The van der Waals surface area contributed by atoms with Gasteiger partial charge in [-0.1, -0.05) is 0 Å². The van der Waals surface area contributed by atoms with Gasteiger partial charge in [0.25, 0.3) is 0 Å². The Morgan fingerprint density at radius 3 is 2.69 bits per heavy atom. The van der Waals surface area contributed by atoms with Crippen LogP contribution in [-0.4, -0.2) is 35.4 Å². The highest BCUT2D eigenvalue weighted by atomic mass is 32.1. The van der Waals surface area contributed by atoms with Crippen LogP contribution in [-0.2, 0) is 6.61 Å². The first-order valence-electron chi connectivity index (χ1n) is 9.11. The highest BCUT2D eigenvalue weighted by Gasteiger charge is 2.22. The van der Waals surface area contributed by atoms with Crippen molar-refractivity contribution < 1.29 is 9.47 Å². The minimum atomic E-state index is 0.441. The fourth-order valence-electron chi connectivity index (χ4n) is 3.28. The Hall–Kier alpha value is -2.08. The van der Waals surface area contributed by atoms with Crippen molar-refractivity contribution in [1.29, 1.82) is 0 Å². The van der Waals surface area contributed by atoms with Gasteiger partial charge in [0.1, 0.15) is 6.61 Å². The molecule has 1 aliphatic rings. The molecule has 0 aliphatic carbocycles. The van der Waals surface area contributed by atoms with Gasteiger partial charge >= 0.3 is 0 Å². The van der Waals surface area contributed by atoms with E-state index < -0.39 is 0 Å². The molecule has 1 aliphatic heterocycles. The molecule has 0 amide bonds. The maximum Gasteiger partial charge on any atom is 0.161 e. The fraction of sp³-hybridized carbons (Fsp3) is 0.500. The van der Waals surface area contributed by atoms with Crippen molar-refractivity contribution in [3.63, 3.8) is 0 Å². The molecule has 0 bridgehead atoms. The molecule has 2 atom stereocenters. The minimum Gasteiger partial charge on any atom is -0.493 e. The van der Waals surface area contributed by atoms with E-state index in [2.05, 4.69) is 23.8 Å². The lowest BCUT2D eigenvalue weighted by molar-refractivity contribution is 0.109. The van der Waals surface area contributed by atoms with Crippen molar-refractivity contribution >= 4 is 17.6 Å². The number of methoxy groups -OCH3 is 1. The van der Waals surface area contributed by atoms with Gasteiger partial charge in [-0.3, -0.25) is 5.01 Å². The Kier molecular flexibility index (Phi) is 6.14. The zero-order valence-corrected chi connectivity index (χ0v) is 16.8. The number of aryl methyl sites for hydroxylation is 1. The first-order valence-corrected chi connectivity index (χ1v) is 9.99. The van der Waals surface area contributed by atoms with E-state index >= 15 is 0 Å².